The average Bonchev–Trinajstić information content (AvgIpc) is 3.05. The molecule has 0 atom stereocenters. The fraction of sp³-hybridized carbons (Fsp3) is 0.250. The molecule has 0 amide bonds. The van der Waals surface area contributed by atoms with Gasteiger partial charge in [-0.05, 0) is 49.4 Å². The lowest BCUT2D eigenvalue weighted by molar-refractivity contribution is 0.414. The second-order valence-corrected chi connectivity index (χ2v) is 8.02. The van der Waals surface area contributed by atoms with Gasteiger partial charge in [-0.25, -0.2) is 14.8 Å². The van der Waals surface area contributed by atoms with E-state index >= 15 is 0 Å². The molecule has 3 heterocycles. The lowest BCUT2D eigenvalue weighted by Crippen LogP contribution is -2.06. The molecule has 1 aliphatic rings. The van der Waals surface area contributed by atoms with Crippen LogP contribution in [-0.4, -0.2) is 17.1 Å². The Bertz CT molecular complexity index is 1260. The second-order valence-electron chi connectivity index (χ2n) is 6.58. The van der Waals surface area contributed by atoms with E-state index in [0.29, 0.717) is 27.9 Å². The van der Waals surface area contributed by atoms with Crippen molar-refractivity contribution in [3.63, 3.8) is 0 Å². The maximum absolute atomic E-state index is 12.5. The van der Waals surface area contributed by atoms with Crippen molar-refractivity contribution in [2.24, 2.45) is 0 Å². The topological polar surface area (TPSA) is 65.2 Å². The number of nitrogens with zero attached hydrogens (tertiary/aromatic N) is 2. The molecule has 0 fully saturated rings. The van der Waals surface area contributed by atoms with Gasteiger partial charge in [0, 0.05) is 16.3 Å². The molecule has 3 aromatic heterocycles. The molecule has 0 spiro atoms. The lowest BCUT2D eigenvalue weighted by atomic mass is 9.97. The SMILES string of the molecule is COc1ccc2cc(-c3nc(Cl)c4c5c(sc4n3)CCCC5)c(=O)oc2c1. The molecule has 0 N–H and O–H groups in total. The number of aryl methyl sites for hydroxylation is 2. The first-order valence-corrected chi connectivity index (χ1v) is 9.93. The normalized spacial score (nSPS) is 13.9. The number of hydrogen-bond donors (Lipinski definition) is 0. The van der Waals surface area contributed by atoms with E-state index in [2.05, 4.69) is 9.97 Å². The molecule has 0 saturated carbocycles. The molecule has 1 aliphatic carbocycles. The zero-order valence-electron chi connectivity index (χ0n) is 14.5. The van der Waals surface area contributed by atoms with Gasteiger partial charge in [0.1, 0.15) is 26.9 Å². The fourth-order valence-corrected chi connectivity index (χ4v) is 5.21. The Morgan fingerprint density at radius 2 is 2.04 bits per heavy atom. The van der Waals surface area contributed by atoms with Crippen LogP contribution in [0.3, 0.4) is 0 Å². The van der Waals surface area contributed by atoms with E-state index in [1.807, 2.05) is 12.1 Å². The first-order chi connectivity index (χ1) is 13.1. The monoisotopic (exact) mass is 398 g/mol. The summed E-state index contributed by atoms with van der Waals surface area (Å²) in [5.41, 5.74) is 1.55. The van der Waals surface area contributed by atoms with E-state index in [4.69, 9.17) is 20.8 Å². The summed E-state index contributed by atoms with van der Waals surface area (Å²) < 4.78 is 10.6. The maximum Gasteiger partial charge on any atom is 0.347 e. The Labute approximate surface area is 163 Å². The van der Waals surface area contributed by atoms with Gasteiger partial charge in [-0.3, -0.25) is 0 Å². The summed E-state index contributed by atoms with van der Waals surface area (Å²) in [4.78, 5) is 23.8. The standard InChI is InChI=1S/C20H15ClN2O3S/c1-25-11-7-6-10-8-13(20(24)26-14(10)9-11)18-22-17(21)16-12-4-2-3-5-15(12)27-19(16)23-18/h6-9H,2-5H2,1H3. The van der Waals surface area contributed by atoms with Crippen molar-refractivity contribution in [2.75, 3.05) is 7.11 Å². The number of thiophene rings is 1. The van der Waals surface area contributed by atoms with Crippen LogP contribution in [0, 0.1) is 0 Å². The van der Waals surface area contributed by atoms with Gasteiger partial charge in [0.05, 0.1) is 12.5 Å². The van der Waals surface area contributed by atoms with Gasteiger partial charge in [-0.1, -0.05) is 11.6 Å². The zero-order chi connectivity index (χ0) is 18.5. The molecule has 0 aliphatic heterocycles. The van der Waals surface area contributed by atoms with E-state index in [0.717, 1.165) is 34.9 Å². The summed E-state index contributed by atoms with van der Waals surface area (Å²) in [5.74, 6) is 0.931. The second kappa shape index (κ2) is 6.32. The molecule has 0 bridgehead atoms. The van der Waals surface area contributed by atoms with Crippen LogP contribution in [0.5, 0.6) is 5.75 Å². The van der Waals surface area contributed by atoms with Crippen molar-refractivity contribution in [1.82, 2.24) is 9.97 Å². The van der Waals surface area contributed by atoms with Crippen LogP contribution in [0.25, 0.3) is 32.6 Å². The number of rotatable bonds is 2. The van der Waals surface area contributed by atoms with Crippen molar-refractivity contribution < 1.29 is 9.15 Å². The maximum atomic E-state index is 12.5. The lowest BCUT2D eigenvalue weighted by Gasteiger charge is -2.10. The minimum atomic E-state index is -0.493. The molecule has 4 aromatic rings. The molecule has 136 valence electrons. The van der Waals surface area contributed by atoms with E-state index in [-0.39, 0.29) is 0 Å². The molecule has 5 rings (SSSR count). The van der Waals surface area contributed by atoms with E-state index in [1.54, 1.807) is 30.6 Å². The van der Waals surface area contributed by atoms with E-state index in [9.17, 15) is 4.79 Å². The molecule has 7 heteroatoms. The van der Waals surface area contributed by atoms with E-state index < -0.39 is 5.63 Å². The van der Waals surface area contributed by atoms with Gasteiger partial charge in [0.15, 0.2) is 5.82 Å². The first-order valence-electron chi connectivity index (χ1n) is 8.74. The van der Waals surface area contributed by atoms with Crippen LogP contribution in [0.15, 0.2) is 33.5 Å². The molecule has 27 heavy (non-hydrogen) atoms. The predicted molar refractivity (Wildman–Crippen MR) is 107 cm³/mol. The Balaban J connectivity index is 1.71. The summed E-state index contributed by atoms with van der Waals surface area (Å²) in [7, 11) is 1.57. The third-order valence-corrected chi connectivity index (χ3v) is 6.41. The Kier molecular flexibility index (Phi) is 3.91. The largest absolute Gasteiger partial charge is 0.497 e. The van der Waals surface area contributed by atoms with Gasteiger partial charge in [-0.2, -0.15) is 0 Å². The number of halogens is 1. The summed E-state index contributed by atoms with van der Waals surface area (Å²) >= 11 is 8.16. The highest BCUT2D eigenvalue weighted by molar-refractivity contribution is 7.19. The third-order valence-electron chi connectivity index (χ3n) is 4.95. The summed E-state index contributed by atoms with van der Waals surface area (Å²) in [6.07, 6.45) is 4.42. The molecule has 5 nitrogen and oxygen atoms in total. The van der Waals surface area contributed by atoms with Crippen molar-refractivity contribution in [3.05, 3.63) is 50.3 Å². The predicted octanol–water partition coefficient (Wildman–Crippen LogP) is 5.01. The van der Waals surface area contributed by atoms with Crippen molar-refractivity contribution in [1.29, 1.82) is 0 Å². The highest BCUT2D eigenvalue weighted by Crippen LogP contribution is 2.39. The van der Waals surface area contributed by atoms with Crippen LogP contribution >= 0.6 is 22.9 Å². The van der Waals surface area contributed by atoms with Crippen molar-refractivity contribution in [3.8, 4) is 17.1 Å². The van der Waals surface area contributed by atoms with E-state index in [1.165, 1.54) is 16.9 Å². The average molecular weight is 399 g/mol. The smallest absolute Gasteiger partial charge is 0.347 e. The van der Waals surface area contributed by atoms with Crippen LogP contribution in [0.4, 0.5) is 0 Å². The molecule has 0 saturated heterocycles. The fourth-order valence-electron chi connectivity index (χ4n) is 3.61. The Hall–Kier alpha value is -2.44. The number of hydrogen-bond acceptors (Lipinski definition) is 6. The highest BCUT2D eigenvalue weighted by atomic mass is 35.5. The van der Waals surface area contributed by atoms with Crippen LogP contribution in [0.1, 0.15) is 23.3 Å². The van der Waals surface area contributed by atoms with Gasteiger partial charge < -0.3 is 9.15 Å². The van der Waals surface area contributed by atoms with Crippen LogP contribution in [0.2, 0.25) is 5.15 Å². The number of benzene rings is 1. The van der Waals surface area contributed by atoms with Crippen molar-refractivity contribution in [2.45, 2.75) is 25.7 Å². The molecule has 1 aromatic carbocycles. The molecule has 0 radical (unpaired) electrons. The van der Waals surface area contributed by atoms with Crippen LogP contribution < -0.4 is 10.4 Å². The number of ether oxygens (including phenoxy) is 1. The Morgan fingerprint density at radius 1 is 1.19 bits per heavy atom. The van der Waals surface area contributed by atoms with Gasteiger partial charge in [-0.15, -0.1) is 11.3 Å². The number of aromatic nitrogens is 2. The zero-order valence-corrected chi connectivity index (χ0v) is 16.1. The minimum Gasteiger partial charge on any atom is -0.497 e. The van der Waals surface area contributed by atoms with Crippen molar-refractivity contribution >= 4 is 44.1 Å². The quantitative estimate of drug-likeness (QED) is 0.351. The summed E-state index contributed by atoms with van der Waals surface area (Å²) in [5, 5.41) is 2.12. The number of methoxy groups -OCH3 is 1. The molecular weight excluding hydrogens is 384 g/mol. The van der Waals surface area contributed by atoms with Crippen LogP contribution in [-0.2, 0) is 12.8 Å². The molecular formula is C20H15ClN2O3S. The first kappa shape index (κ1) is 16.7. The minimum absolute atomic E-state index is 0.303. The Morgan fingerprint density at radius 3 is 2.89 bits per heavy atom. The molecule has 0 unspecified atom stereocenters. The highest BCUT2D eigenvalue weighted by Gasteiger charge is 2.22. The van der Waals surface area contributed by atoms with Gasteiger partial charge in [0.2, 0.25) is 0 Å². The van der Waals surface area contributed by atoms with Gasteiger partial charge in [0.25, 0.3) is 0 Å². The third kappa shape index (κ3) is 2.71. The van der Waals surface area contributed by atoms with Gasteiger partial charge >= 0.3 is 5.63 Å². The number of fused-ring (bicyclic) bond motifs is 4. The summed E-state index contributed by atoms with van der Waals surface area (Å²) in [6.45, 7) is 0. The summed E-state index contributed by atoms with van der Waals surface area (Å²) in [6, 6.07) is 7.08.